The Bertz CT molecular complexity index is 739. The van der Waals surface area contributed by atoms with E-state index in [1.165, 1.54) is 5.56 Å². The number of rotatable bonds is 6. The average Bonchev–Trinajstić information content (AvgIpc) is 2.54. The standard InChI is InChI=1S/C20H25BrN2O2/c1-14-17(7-5-11-22-14)23-19(24)8-6-12-25-18-10-9-15(13-16(18)21)20(2,3)4/h5,7,9-11,13H,6,8,12H2,1-4H3,(H,23,24). The summed E-state index contributed by atoms with van der Waals surface area (Å²) in [5, 5.41) is 2.88. The SMILES string of the molecule is Cc1ncccc1NC(=O)CCCOc1ccc(C(C)(C)C)cc1Br. The van der Waals surface area contributed by atoms with Gasteiger partial charge in [0.2, 0.25) is 5.91 Å². The first kappa shape index (κ1) is 19.4. The summed E-state index contributed by atoms with van der Waals surface area (Å²) >= 11 is 3.56. The van der Waals surface area contributed by atoms with Crippen LogP contribution in [0.2, 0.25) is 0 Å². The summed E-state index contributed by atoms with van der Waals surface area (Å²) < 4.78 is 6.73. The number of halogens is 1. The normalized spacial score (nSPS) is 11.2. The van der Waals surface area contributed by atoms with Crippen LogP contribution in [0.25, 0.3) is 0 Å². The Morgan fingerprint density at radius 1 is 1.28 bits per heavy atom. The Hall–Kier alpha value is -1.88. The number of benzene rings is 1. The smallest absolute Gasteiger partial charge is 0.224 e. The first-order valence-electron chi connectivity index (χ1n) is 8.41. The number of amides is 1. The van der Waals surface area contributed by atoms with Crippen LogP contribution in [0.15, 0.2) is 41.0 Å². The van der Waals surface area contributed by atoms with Crippen molar-refractivity contribution in [2.45, 2.75) is 46.0 Å². The fourth-order valence-corrected chi connectivity index (χ4v) is 2.82. The molecule has 134 valence electrons. The first-order valence-corrected chi connectivity index (χ1v) is 9.21. The highest BCUT2D eigenvalue weighted by molar-refractivity contribution is 9.10. The number of ether oxygens (including phenoxy) is 1. The van der Waals surface area contributed by atoms with Gasteiger partial charge in [0.25, 0.3) is 0 Å². The van der Waals surface area contributed by atoms with Gasteiger partial charge in [0.1, 0.15) is 5.75 Å². The lowest BCUT2D eigenvalue weighted by atomic mass is 9.87. The van der Waals surface area contributed by atoms with Gasteiger partial charge in [0.05, 0.1) is 22.5 Å². The van der Waals surface area contributed by atoms with E-state index in [9.17, 15) is 4.79 Å². The molecule has 0 aliphatic carbocycles. The van der Waals surface area contributed by atoms with Crippen molar-refractivity contribution in [3.8, 4) is 5.75 Å². The number of aromatic nitrogens is 1. The molecule has 0 unspecified atom stereocenters. The van der Waals surface area contributed by atoms with Crippen molar-refractivity contribution in [3.63, 3.8) is 0 Å². The van der Waals surface area contributed by atoms with E-state index in [2.05, 4.69) is 59.1 Å². The van der Waals surface area contributed by atoms with E-state index < -0.39 is 0 Å². The fourth-order valence-electron chi connectivity index (χ4n) is 2.33. The summed E-state index contributed by atoms with van der Waals surface area (Å²) in [6.07, 6.45) is 2.77. The topological polar surface area (TPSA) is 51.2 Å². The van der Waals surface area contributed by atoms with Crippen LogP contribution in [-0.2, 0) is 10.2 Å². The van der Waals surface area contributed by atoms with Gasteiger partial charge >= 0.3 is 0 Å². The van der Waals surface area contributed by atoms with Gasteiger partial charge in [-0.1, -0.05) is 26.8 Å². The number of nitrogens with zero attached hydrogens (tertiary/aromatic N) is 1. The first-order chi connectivity index (χ1) is 11.8. The van der Waals surface area contributed by atoms with Gasteiger partial charge in [0.15, 0.2) is 0 Å². The second kappa shape index (κ2) is 8.48. The molecule has 1 N–H and O–H groups in total. The summed E-state index contributed by atoms with van der Waals surface area (Å²) in [6, 6.07) is 9.81. The van der Waals surface area contributed by atoms with Crippen molar-refractivity contribution < 1.29 is 9.53 Å². The lowest BCUT2D eigenvalue weighted by Gasteiger charge is -2.20. The molecule has 0 saturated heterocycles. The van der Waals surface area contributed by atoms with Gasteiger partial charge in [-0.05, 0) is 64.5 Å². The zero-order valence-electron chi connectivity index (χ0n) is 15.2. The van der Waals surface area contributed by atoms with E-state index in [0.29, 0.717) is 19.4 Å². The zero-order valence-corrected chi connectivity index (χ0v) is 16.8. The maximum atomic E-state index is 12.0. The Kier molecular flexibility index (Phi) is 6.59. The highest BCUT2D eigenvalue weighted by Gasteiger charge is 2.15. The minimum Gasteiger partial charge on any atom is -0.492 e. The monoisotopic (exact) mass is 404 g/mol. The number of anilines is 1. The molecular weight excluding hydrogens is 380 g/mol. The second-order valence-electron chi connectivity index (χ2n) is 7.03. The van der Waals surface area contributed by atoms with Crippen LogP contribution in [0.4, 0.5) is 5.69 Å². The van der Waals surface area contributed by atoms with Gasteiger partial charge in [-0.15, -0.1) is 0 Å². The van der Waals surface area contributed by atoms with Gasteiger partial charge in [-0.25, -0.2) is 0 Å². The Labute approximate surface area is 158 Å². The van der Waals surface area contributed by atoms with Gasteiger partial charge in [0, 0.05) is 12.6 Å². The maximum Gasteiger partial charge on any atom is 0.224 e. The Balaban J connectivity index is 1.79. The minimum absolute atomic E-state index is 0.0261. The van der Waals surface area contributed by atoms with Crippen molar-refractivity contribution >= 4 is 27.5 Å². The molecular formula is C20H25BrN2O2. The van der Waals surface area contributed by atoms with E-state index in [0.717, 1.165) is 21.6 Å². The predicted octanol–water partition coefficient (Wildman–Crippen LogP) is 5.25. The molecule has 2 aromatic rings. The van der Waals surface area contributed by atoms with Crippen molar-refractivity contribution in [3.05, 3.63) is 52.3 Å². The van der Waals surface area contributed by atoms with E-state index >= 15 is 0 Å². The molecule has 2 rings (SSSR count). The number of hydrogen-bond acceptors (Lipinski definition) is 3. The van der Waals surface area contributed by atoms with Crippen LogP contribution in [0, 0.1) is 6.92 Å². The lowest BCUT2D eigenvalue weighted by Crippen LogP contribution is -2.14. The number of carbonyl (C=O) groups is 1. The molecule has 1 aromatic carbocycles. The lowest BCUT2D eigenvalue weighted by molar-refractivity contribution is -0.116. The highest BCUT2D eigenvalue weighted by Crippen LogP contribution is 2.31. The van der Waals surface area contributed by atoms with Gasteiger partial charge < -0.3 is 10.1 Å². The maximum absolute atomic E-state index is 12.0. The van der Waals surface area contributed by atoms with Gasteiger partial charge in [-0.2, -0.15) is 0 Å². The molecule has 1 heterocycles. The zero-order chi connectivity index (χ0) is 18.4. The van der Waals surface area contributed by atoms with Crippen LogP contribution in [0.1, 0.15) is 44.9 Å². The van der Waals surface area contributed by atoms with Gasteiger partial charge in [-0.3, -0.25) is 9.78 Å². The molecule has 1 amide bonds. The molecule has 0 bridgehead atoms. The third kappa shape index (κ3) is 5.85. The Morgan fingerprint density at radius 2 is 2.04 bits per heavy atom. The van der Waals surface area contributed by atoms with E-state index in [1.807, 2.05) is 25.1 Å². The third-order valence-corrected chi connectivity index (χ3v) is 4.50. The summed E-state index contributed by atoms with van der Waals surface area (Å²) in [5.41, 5.74) is 2.92. The molecule has 25 heavy (non-hydrogen) atoms. The molecule has 0 aliphatic heterocycles. The Morgan fingerprint density at radius 3 is 2.68 bits per heavy atom. The van der Waals surface area contributed by atoms with Crippen molar-refractivity contribution in [2.24, 2.45) is 0 Å². The summed E-state index contributed by atoms with van der Waals surface area (Å²) in [5.74, 6) is 0.776. The molecule has 4 nitrogen and oxygen atoms in total. The molecule has 0 fully saturated rings. The van der Waals surface area contributed by atoms with E-state index in [4.69, 9.17) is 4.74 Å². The number of aryl methyl sites for hydroxylation is 1. The quantitative estimate of drug-likeness (QED) is 0.668. The number of nitrogens with one attached hydrogen (secondary N) is 1. The van der Waals surface area contributed by atoms with Crippen LogP contribution in [0.5, 0.6) is 5.75 Å². The highest BCUT2D eigenvalue weighted by atomic mass is 79.9. The van der Waals surface area contributed by atoms with Crippen molar-refractivity contribution in [1.82, 2.24) is 4.98 Å². The molecule has 0 atom stereocenters. The molecule has 5 heteroatoms. The molecule has 0 spiro atoms. The second-order valence-corrected chi connectivity index (χ2v) is 7.89. The van der Waals surface area contributed by atoms with E-state index in [-0.39, 0.29) is 11.3 Å². The average molecular weight is 405 g/mol. The predicted molar refractivity (Wildman–Crippen MR) is 105 cm³/mol. The number of hydrogen-bond donors (Lipinski definition) is 1. The van der Waals surface area contributed by atoms with Crippen LogP contribution in [-0.4, -0.2) is 17.5 Å². The van der Waals surface area contributed by atoms with E-state index in [1.54, 1.807) is 6.20 Å². The molecule has 1 aromatic heterocycles. The molecule has 0 radical (unpaired) electrons. The molecule has 0 saturated carbocycles. The largest absolute Gasteiger partial charge is 0.492 e. The number of carbonyl (C=O) groups excluding carboxylic acids is 1. The van der Waals surface area contributed by atoms with Crippen LogP contribution >= 0.6 is 15.9 Å². The summed E-state index contributed by atoms with van der Waals surface area (Å²) in [7, 11) is 0. The fraction of sp³-hybridized carbons (Fsp3) is 0.400. The summed E-state index contributed by atoms with van der Waals surface area (Å²) in [4.78, 5) is 16.2. The molecule has 0 aliphatic rings. The van der Waals surface area contributed by atoms with Crippen LogP contribution in [0.3, 0.4) is 0 Å². The number of pyridine rings is 1. The summed E-state index contributed by atoms with van der Waals surface area (Å²) in [6.45, 7) is 8.90. The van der Waals surface area contributed by atoms with Crippen molar-refractivity contribution in [2.75, 3.05) is 11.9 Å². The minimum atomic E-state index is -0.0261. The van der Waals surface area contributed by atoms with Crippen molar-refractivity contribution in [1.29, 1.82) is 0 Å². The van der Waals surface area contributed by atoms with Crippen LogP contribution < -0.4 is 10.1 Å². The third-order valence-electron chi connectivity index (χ3n) is 3.88.